The van der Waals surface area contributed by atoms with Gasteiger partial charge >= 0.3 is 0 Å². The second kappa shape index (κ2) is 7.08. The van der Waals surface area contributed by atoms with Crippen molar-refractivity contribution < 1.29 is 9.90 Å². The van der Waals surface area contributed by atoms with Crippen LogP contribution in [0.1, 0.15) is 15.9 Å². The van der Waals surface area contributed by atoms with E-state index in [0.29, 0.717) is 23.7 Å². The minimum Gasteiger partial charge on any atom is -0.507 e. The highest BCUT2D eigenvalue weighted by molar-refractivity contribution is 6.31. The van der Waals surface area contributed by atoms with Gasteiger partial charge in [0.1, 0.15) is 5.75 Å². The molecule has 138 valence electrons. The molecular weight excluding hydrogens is 362 g/mol. The molecule has 5 nitrogen and oxygen atoms in total. The van der Waals surface area contributed by atoms with Gasteiger partial charge in [-0.25, -0.2) is 0 Å². The lowest BCUT2D eigenvalue weighted by Crippen LogP contribution is -2.48. The Labute approximate surface area is 162 Å². The van der Waals surface area contributed by atoms with Gasteiger partial charge in [-0.2, -0.15) is 0 Å². The monoisotopic (exact) mass is 381 g/mol. The van der Waals surface area contributed by atoms with Crippen LogP contribution in [0.25, 0.3) is 10.9 Å². The zero-order chi connectivity index (χ0) is 19.0. The summed E-state index contributed by atoms with van der Waals surface area (Å²) >= 11 is 6.07. The van der Waals surface area contributed by atoms with Crippen molar-refractivity contribution in [3.63, 3.8) is 0 Å². The van der Waals surface area contributed by atoms with E-state index < -0.39 is 0 Å². The Morgan fingerprint density at radius 1 is 1.07 bits per heavy atom. The molecule has 3 aromatic rings. The number of halogens is 1. The summed E-state index contributed by atoms with van der Waals surface area (Å²) in [6.07, 6.45) is 1.79. The highest BCUT2D eigenvalue weighted by Crippen LogP contribution is 2.29. The molecule has 0 atom stereocenters. The quantitative estimate of drug-likeness (QED) is 0.732. The number of piperazine rings is 1. The standard InChI is InChI=1S/C21H20ClN3O2/c1-14-2-4-17(20(26)12-14)21(27)25-10-8-24(9-11-25)19-6-7-23-18-13-15(22)3-5-16(18)19/h2-7,12-13,26H,8-11H2,1H3. The van der Waals surface area contributed by atoms with Gasteiger partial charge in [-0.05, 0) is 48.9 Å². The van der Waals surface area contributed by atoms with E-state index in [0.717, 1.165) is 35.2 Å². The molecule has 0 saturated carbocycles. The van der Waals surface area contributed by atoms with Gasteiger partial charge in [0, 0.05) is 48.5 Å². The zero-order valence-corrected chi connectivity index (χ0v) is 15.8. The SMILES string of the molecule is Cc1ccc(C(=O)N2CCN(c3ccnc4cc(Cl)ccc34)CC2)c(O)c1. The summed E-state index contributed by atoms with van der Waals surface area (Å²) in [5, 5.41) is 11.8. The molecule has 6 heteroatoms. The Morgan fingerprint density at radius 3 is 2.59 bits per heavy atom. The largest absolute Gasteiger partial charge is 0.507 e. The van der Waals surface area contributed by atoms with Gasteiger partial charge in [0.25, 0.3) is 5.91 Å². The van der Waals surface area contributed by atoms with Crippen LogP contribution in [-0.4, -0.2) is 47.1 Å². The lowest BCUT2D eigenvalue weighted by atomic mass is 10.1. The van der Waals surface area contributed by atoms with Gasteiger partial charge in [-0.3, -0.25) is 9.78 Å². The molecule has 1 amide bonds. The number of fused-ring (bicyclic) bond motifs is 1. The number of nitrogens with zero attached hydrogens (tertiary/aromatic N) is 3. The summed E-state index contributed by atoms with van der Waals surface area (Å²) in [5.41, 5.74) is 3.25. The number of benzene rings is 2. The molecule has 1 fully saturated rings. The Bertz CT molecular complexity index is 1010. The van der Waals surface area contributed by atoms with E-state index in [4.69, 9.17) is 11.6 Å². The van der Waals surface area contributed by atoms with E-state index >= 15 is 0 Å². The Balaban J connectivity index is 1.52. The van der Waals surface area contributed by atoms with E-state index in [1.165, 1.54) is 0 Å². The van der Waals surface area contributed by atoms with Crippen molar-refractivity contribution in [1.82, 2.24) is 9.88 Å². The van der Waals surface area contributed by atoms with Gasteiger partial charge in [0.05, 0.1) is 11.1 Å². The normalized spacial score (nSPS) is 14.6. The Hall–Kier alpha value is -2.79. The number of aromatic nitrogens is 1. The third-order valence-corrected chi connectivity index (χ3v) is 5.21. The predicted octanol–water partition coefficient (Wildman–Crippen LogP) is 3.86. The van der Waals surface area contributed by atoms with E-state index in [1.807, 2.05) is 37.3 Å². The van der Waals surface area contributed by atoms with Crippen LogP contribution in [0.5, 0.6) is 5.75 Å². The summed E-state index contributed by atoms with van der Waals surface area (Å²) in [5.74, 6) is -0.0852. The predicted molar refractivity (Wildman–Crippen MR) is 108 cm³/mol. The summed E-state index contributed by atoms with van der Waals surface area (Å²) in [4.78, 5) is 21.2. The summed E-state index contributed by atoms with van der Waals surface area (Å²) in [7, 11) is 0. The molecule has 0 unspecified atom stereocenters. The number of phenolic OH excluding ortho intramolecular Hbond substituents is 1. The van der Waals surface area contributed by atoms with Crippen LogP contribution in [0.15, 0.2) is 48.7 Å². The highest BCUT2D eigenvalue weighted by atomic mass is 35.5. The van der Waals surface area contributed by atoms with Crippen LogP contribution in [0, 0.1) is 6.92 Å². The van der Waals surface area contributed by atoms with Gasteiger partial charge in [0.2, 0.25) is 0 Å². The summed E-state index contributed by atoms with van der Waals surface area (Å²) < 4.78 is 0. The summed E-state index contributed by atoms with van der Waals surface area (Å²) in [6.45, 7) is 4.53. The number of aromatic hydroxyl groups is 1. The van der Waals surface area contributed by atoms with Crippen LogP contribution in [0.4, 0.5) is 5.69 Å². The van der Waals surface area contributed by atoms with Crippen molar-refractivity contribution in [3.05, 3.63) is 64.8 Å². The number of aryl methyl sites for hydroxylation is 1. The molecule has 4 rings (SSSR count). The topological polar surface area (TPSA) is 56.7 Å². The number of carbonyl (C=O) groups excluding carboxylic acids is 1. The lowest BCUT2D eigenvalue weighted by molar-refractivity contribution is 0.0744. The van der Waals surface area contributed by atoms with E-state index in [9.17, 15) is 9.90 Å². The Kier molecular flexibility index (Phi) is 4.62. The number of hydrogen-bond acceptors (Lipinski definition) is 4. The fourth-order valence-electron chi connectivity index (χ4n) is 3.53. The molecule has 0 bridgehead atoms. The number of amides is 1. The Morgan fingerprint density at radius 2 is 1.85 bits per heavy atom. The van der Waals surface area contributed by atoms with E-state index in [2.05, 4.69) is 9.88 Å². The number of rotatable bonds is 2. The summed E-state index contributed by atoms with van der Waals surface area (Å²) in [6, 6.07) is 12.9. The highest BCUT2D eigenvalue weighted by Gasteiger charge is 2.24. The second-order valence-corrected chi connectivity index (χ2v) is 7.23. The first-order valence-electron chi connectivity index (χ1n) is 8.91. The molecule has 27 heavy (non-hydrogen) atoms. The van der Waals surface area contributed by atoms with Crippen molar-refractivity contribution >= 4 is 34.1 Å². The number of anilines is 1. The molecular formula is C21H20ClN3O2. The molecule has 0 aliphatic carbocycles. The average molecular weight is 382 g/mol. The fourth-order valence-corrected chi connectivity index (χ4v) is 3.69. The molecule has 1 aliphatic heterocycles. The van der Waals surface area contributed by atoms with Gasteiger partial charge in [-0.1, -0.05) is 17.7 Å². The lowest BCUT2D eigenvalue weighted by Gasteiger charge is -2.36. The van der Waals surface area contributed by atoms with Crippen LogP contribution in [0.2, 0.25) is 5.02 Å². The third kappa shape index (κ3) is 3.43. The van der Waals surface area contributed by atoms with Crippen molar-refractivity contribution in [3.8, 4) is 5.75 Å². The first-order valence-corrected chi connectivity index (χ1v) is 9.29. The molecule has 2 aromatic carbocycles. The molecule has 0 spiro atoms. The smallest absolute Gasteiger partial charge is 0.257 e. The molecule has 1 N–H and O–H groups in total. The number of pyridine rings is 1. The molecule has 1 saturated heterocycles. The van der Waals surface area contributed by atoms with Crippen LogP contribution < -0.4 is 4.90 Å². The second-order valence-electron chi connectivity index (χ2n) is 6.79. The molecule has 0 radical (unpaired) electrons. The van der Waals surface area contributed by atoms with Gasteiger partial charge < -0.3 is 14.9 Å². The number of carbonyl (C=O) groups is 1. The molecule has 1 aromatic heterocycles. The van der Waals surface area contributed by atoms with Gasteiger partial charge in [-0.15, -0.1) is 0 Å². The van der Waals surface area contributed by atoms with Crippen LogP contribution in [0.3, 0.4) is 0 Å². The number of hydrogen-bond donors (Lipinski definition) is 1. The average Bonchev–Trinajstić information content (AvgIpc) is 2.67. The maximum Gasteiger partial charge on any atom is 0.257 e. The number of phenols is 1. The zero-order valence-electron chi connectivity index (χ0n) is 15.0. The first kappa shape index (κ1) is 17.6. The van der Waals surface area contributed by atoms with E-state index in [1.54, 1.807) is 23.2 Å². The van der Waals surface area contributed by atoms with Crippen molar-refractivity contribution in [2.75, 3.05) is 31.1 Å². The maximum atomic E-state index is 12.7. The minimum absolute atomic E-state index is 0.0411. The van der Waals surface area contributed by atoms with Crippen molar-refractivity contribution in [1.29, 1.82) is 0 Å². The fraction of sp³-hybridized carbons (Fsp3) is 0.238. The van der Waals surface area contributed by atoms with E-state index in [-0.39, 0.29) is 11.7 Å². The molecule has 2 heterocycles. The third-order valence-electron chi connectivity index (χ3n) is 4.97. The van der Waals surface area contributed by atoms with Gasteiger partial charge in [0.15, 0.2) is 0 Å². The van der Waals surface area contributed by atoms with Crippen molar-refractivity contribution in [2.45, 2.75) is 6.92 Å². The van der Waals surface area contributed by atoms with Crippen LogP contribution in [-0.2, 0) is 0 Å². The first-order chi connectivity index (χ1) is 13.0. The minimum atomic E-state index is -0.126. The molecule has 1 aliphatic rings. The van der Waals surface area contributed by atoms with Crippen LogP contribution >= 0.6 is 11.6 Å². The van der Waals surface area contributed by atoms with Crippen molar-refractivity contribution in [2.24, 2.45) is 0 Å². The maximum absolute atomic E-state index is 12.7.